The Hall–Kier alpha value is -2.37. The van der Waals surface area contributed by atoms with E-state index in [1.165, 1.54) is 16.9 Å². The molecule has 0 bridgehead atoms. The summed E-state index contributed by atoms with van der Waals surface area (Å²) in [5.74, 6) is 1.17. The van der Waals surface area contributed by atoms with E-state index in [1.54, 1.807) is 23.5 Å². The van der Waals surface area contributed by atoms with E-state index < -0.39 is 0 Å². The number of halogens is 1. The molecule has 0 unspecified atom stereocenters. The zero-order valence-corrected chi connectivity index (χ0v) is 16.3. The van der Waals surface area contributed by atoms with Crippen LogP contribution in [-0.2, 0) is 12.8 Å². The number of aryl methyl sites for hydroxylation is 2. The van der Waals surface area contributed by atoms with Gasteiger partial charge in [0.1, 0.15) is 17.2 Å². The predicted octanol–water partition coefficient (Wildman–Crippen LogP) is 5.17. The lowest BCUT2D eigenvalue weighted by Crippen LogP contribution is -2.12. The van der Waals surface area contributed by atoms with Crippen LogP contribution in [0.4, 0.5) is 0 Å². The van der Waals surface area contributed by atoms with Crippen LogP contribution < -0.4 is 10.3 Å². The minimum absolute atomic E-state index is 0.103. The van der Waals surface area contributed by atoms with E-state index in [2.05, 4.69) is 16.5 Å². The molecular weight excluding hydrogens is 380 g/mol. The number of thiophene rings is 1. The molecule has 0 spiro atoms. The number of benzene rings is 1. The van der Waals surface area contributed by atoms with Gasteiger partial charge in [-0.15, -0.1) is 11.3 Å². The number of nitrogens with one attached hydrogen (secondary N) is 1. The molecule has 4 rings (SSSR count). The second kappa shape index (κ2) is 7.71. The first-order valence-corrected chi connectivity index (χ1v) is 10.1. The van der Waals surface area contributed by atoms with Crippen LogP contribution in [0, 0.1) is 0 Å². The minimum Gasteiger partial charge on any atom is -0.490 e. The first-order chi connectivity index (χ1) is 13.2. The number of rotatable bonds is 5. The Balaban J connectivity index is 1.66. The third-order valence-electron chi connectivity index (χ3n) is 4.59. The molecule has 1 N–H and O–H groups in total. The highest BCUT2D eigenvalue weighted by atomic mass is 35.5. The normalized spacial score (nSPS) is 14.2. The summed E-state index contributed by atoms with van der Waals surface area (Å²) < 4.78 is 5.47. The van der Waals surface area contributed by atoms with E-state index in [0.29, 0.717) is 17.5 Å². The van der Waals surface area contributed by atoms with Gasteiger partial charge in [-0.2, -0.15) is 0 Å². The average molecular weight is 399 g/mol. The Morgan fingerprint density at radius 2 is 2.07 bits per heavy atom. The standard InChI is InChI=1S/C21H19ClN2O2S/c1-2-11-26-14-9-7-13(8-10-14)12-16(22)19-23-20(25)18-15-5-3-4-6-17(15)27-21(18)24-19/h2,7-10,12H,1,3-6,11H2,(H,23,24,25)/b16-12-. The van der Waals surface area contributed by atoms with Crippen LogP contribution in [0.15, 0.2) is 41.7 Å². The van der Waals surface area contributed by atoms with E-state index in [1.807, 2.05) is 24.3 Å². The molecule has 0 saturated carbocycles. The summed E-state index contributed by atoms with van der Waals surface area (Å²) in [7, 11) is 0. The first-order valence-electron chi connectivity index (χ1n) is 8.91. The molecule has 0 fully saturated rings. The second-order valence-electron chi connectivity index (χ2n) is 6.47. The topological polar surface area (TPSA) is 55.0 Å². The zero-order valence-electron chi connectivity index (χ0n) is 14.8. The smallest absolute Gasteiger partial charge is 0.260 e. The molecule has 3 aromatic rings. The van der Waals surface area contributed by atoms with Crippen molar-refractivity contribution in [2.45, 2.75) is 25.7 Å². The molecule has 4 nitrogen and oxygen atoms in total. The van der Waals surface area contributed by atoms with Crippen molar-refractivity contribution in [2.24, 2.45) is 0 Å². The fourth-order valence-electron chi connectivity index (χ4n) is 3.31. The quantitative estimate of drug-likeness (QED) is 0.603. The summed E-state index contributed by atoms with van der Waals surface area (Å²) in [6.07, 6.45) is 7.80. The van der Waals surface area contributed by atoms with E-state index in [-0.39, 0.29) is 5.56 Å². The maximum atomic E-state index is 12.6. The molecule has 1 aliphatic rings. The Labute approximate surface area is 166 Å². The maximum absolute atomic E-state index is 12.6. The number of hydrogen-bond donors (Lipinski definition) is 1. The lowest BCUT2D eigenvalue weighted by molar-refractivity contribution is 0.363. The third kappa shape index (κ3) is 3.70. The largest absolute Gasteiger partial charge is 0.490 e. The van der Waals surface area contributed by atoms with Crippen LogP contribution >= 0.6 is 22.9 Å². The molecule has 27 heavy (non-hydrogen) atoms. The van der Waals surface area contributed by atoms with Crippen LogP contribution in [0.5, 0.6) is 5.75 Å². The van der Waals surface area contributed by atoms with Gasteiger partial charge in [0.25, 0.3) is 5.56 Å². The van der Waals surface area contributed by atoms with Gasteiger partial charge in [-0.3, -0.25) is 4.79 Å². The molecule has 0 saturated heterocycles. The van der Waals surface area contributed by atoms with Crippen molar-refractivity contribution < 1.29 is 4.74 Å². The van der Waals surface area contributed by atoms with Gasteiger partial charge in [0.05, 0.1) is 10.4 Å². The van der Waals surface area contributed by atoms with Gasteiger partial charge < -0.3 is 9.72 Å². The Morgan fingerprint density at radius 3 is 2.85 bits per heavy atom. The molecule has 138 valence electrons. The van der Waals surface area contributed by atoms with Gasteiger partial charge in [-0.25, -0.2) is 4.98 Å². The Kier molecular flexibility index (Phi) is 5.14. The predicted molar refractivity (Wildman–Crippen MR) is 113 cm³/mol. The van der Waals surface area contributed by atoms with Crippen molar-refractivity contribution in [2.75, 3.05) is 6.61 Å². The summed E-state index contributed by atoms with van der Waals surface area (Å²) in [6, 6.07) is 7.54. The van der Waals surface area contributed by atoms with Gasteiger partial charge in [0.2, 0.25) is 0 Å². The Bertz CT molecular complexity index is 1080. The highest BCUT2D eigenvalue weighted by Gasteiger charge is 2.20. The summed E-state index contributed by atoms with van der Waals surface area (Å²) in [4.78, 5) is 22.2. The summed E-state index contributed by atoms with van der Waals surface area (Å²) in [5.41, 5.74) is 1.98. The minimum atomic E-state index is -0.103. The maximum Gasteiger partial charge on any atom is 0.260 e. The number of aromatic amines is 1. The Morgan fingerprint density at radius 1 is 1.30 bits per heavy atom. The molecule has 0 aliphatic heterocycles. The highest BCUT2D eigenvalue weighted by Crippen LogP contribution is 2.34. The number of aromatic nitrogens is 2. The van der Waals surface area contributed by atoms with Crippen molar-refractivity contribution in [3.8, 4) is 5.75 Å². The molecule has 1 aromatic carbocycles. The van der Waals surface area contributed by atoms with Crippen LogP contribution in [0.1, 0.15) is 34.7 Å². The van der Waals surface area contributed by atoms with E-state index in [0.717, 1.165) is 40.8 Å². The fraction of sp³-hybridized carbons (Fsp3) is 0.238. The zero-order chi connectivity index (χ0) is 18.8. The summed E-state index contributed by atoms with van der Waals surface area (Å²) >= 11 is 8.07. The second-order valence-corrected chi connectivity index (χ2v) is 7.96. The average Bonchev–Trinajstić information content (AvgIpc) is 3.06. The third-order valence-corrected chi connectivity index (χ3v) is 6.07. The molecule has 0 atom stereocenters. The molecule has 1 aliphatic carbocycles. The van der Waals surface area contributed by atoms with Crippen LogP contribution in [-0.4, -0.2) is 16.6 Å². The molecule has 2 heterocycles. The van der Waals surface area contributed by atoms with Gasteiger partial charge in [0.15, 0.2) is 5.82 Å². The fourth-order valence-corrected chi connectivity index (χ4v) is 4.78. The van der Waals surface area contributed by atoms with Gasteiger partial charge in [-0.05, 0) is 55.0 Å². The first kappa shape index (κ1) is 18.0. The lowest BCUT2D eigenvalue weighted by Gasteiger charge is -2.09. The van der Waals surface area contributed by atoms with Gasteiger partial charge >= 0.3 is 0 Å². The van der Waals surface area contributed by atoms with Gasteiger partial charge in [0, 0.05) is 4.88 Å². The molecule has 0 radical (unpaired) electrons. The van der Waals surface area contributed by atoms with Crippen molar-refractivity contribution in [1.82, 2.24) is 9.97 Å². The number of fused-ring (bicyclic) bond motifs is 3. The molecule has 0 amide bonds. The van der Waals surface area contributed by atoms with Crippen LogP contribution in [0.2, 0.25) is 0 Å². The highest BCUT2D eigenvalue weighted by molar-refractivity contribution is 7.18. The summed E-state index contributed by atoms with van der Waals surface area (Å²) in [5, 5.41) is 1.15. The molecular formula is C21H19ClN2O2S. The summed E-state index contributed by atoms with van der Waals surface area (Å²) in [6.45, 7) is 4.09. The monoisotopic (exact) mass is 398 g/mol. The number of H-pyrrole nitrogens is 1. The van der Waals surface area contributed by atoms with E-state index in [9.17, 15) is 4.79 Å². The van der Waals surface area contributed by atoms with Crippen molar-refractivity contribution in [3.05, 3.63) is 69.1 Å². The van der Waals surface area contributed by atoms with E-state index >= 15 is 0 Å². The lowest BCUT2D eigenvalue weighted by atomic mass is 9.97. The molecule has 2 aromatic heterocycles. The number of nitrogens with zero attached hydrogens (tertiary/aromatic N) is 1. The van der Waals surface area contributed by atoms with Crippen molar-refractivity contribution in [1.29, 1.82) is 0 Å². The SMILES string of the molecule is C=CCOc1ccc(/C=C(\Cl)c2nc3sc4c(c3c(=O)[nH]2)CCCC4)cc1. The van der Waals surface area contributed by atoms with Gasteiger partial charge in [-0.1, -0.05) is 36.4 Å². The number of ether oxygens (including phenoxy) is 1. The van der Waals surface area contributed by atoms with E-state index in [4.69, 9.17) is 16.3 Å². The van der Waals surface area contributed by atoms with Crippen molar-refractivity contribution in [3.63, 3.8) is 0 Å². The molecule has 6 heteroatoms. The van der Waals surface area contributed by atoms with Crippen LogP contribution in [0.25, 0.3) is 21.3 Å². The van der Waals surface area contributed by atoms with Crippen molar-refractivity contribution >= 4 is 44.3 Å². The number of hydrogen-bond acceptors (Lipinski definition) is 4. The van der Waals surface area contributed by atoms with Crippen LogP contribution in [0.3, 0.4) is 0 Å².